The van der Waals surface area contributed by atoms with Crippen LogP contribution in [0.2, 0.25) is 0 Å². The Balaban J connectivity index is 2.01. The van der Waals surface area contributed by atoms with Gasteiger partial charge in [0.1, 0.15) is 11.5 Å². The highest BCUT2D eigenvalue weighted by molar-refractivity contribution is 6.52. The van der Waals surface area contributed by atoms with E-state index in [0.717, 1.165) is 22.3 Å². The molecule has 0 aromatic heterocycles. The van der Waals surface area contributed by atoms with Gasteiger partial charge in [0.25, 0.3) is 11.7 Å². The Morgan fingerprint density at radius 1 is 0.943 bits per heavy atom. The number of aliphatic hydroxyl groups is 1. The van der Waals surface area contributed by atoms with Gasteiger partial charge in [-0.1, -0.05) is 74.9 Å². The van der Waals surface area contributed by atoms with E-state index in [-0.39, 0.29) is 16.7 Å². The van der Waals surface area contributed by atoms with E-state index in [2.05, 4.69) is 20.8 Å². The fourth-order valence-electron chi connectivity index (χ4n) is 4.55. The average molecular weight is 470 g/mol. The van der Waals surface area contributed by atoms with Crippen molar-refractivity contribution in [2.45, 2.75) is 46.1 Å². The fraction of sp³-hybridized carbons (Fsp3) is 0.267. The third kappa shape index (κ3) is 4.34. The second kappa shape index (κ2) is 9.06. The second-order valence-corrected chi connectivity index (χ2v) is 10.0. The molecule has 0 aliphatic carbocycles. The minimum Gasteiger partial charge on any atom is -0.507 e. The lowest BCUT2D eigenvalue weighted by molar-refractivity contribution is -0.132. The molecule has 1 N–H and O–H groups in total. The molecule has 4 rings (SSSR count). The summed E-state index contributed by atoms with van der Waals surface area (Å²) >= 11 is 0. The number of hydrogen-bond acceptors (Lipinski definition) is 4. The fourth-order valence-corrected chi connectivity index (χ4v) is 4.55. The predicted octanol–water partition coefficient (Wildman–Crippen LogP) is 6.24. The molecule has 1 fully saturated rings. The monoisotopic (exact) mass is 469 g/mol. The number of aliphatic hydroxyl groups excluding tert-OH is 1. The van der Waals surface area contributed by atoms with E-state index in [0.29, 0.717) is 17.0 Å². The van der Waals surface area contributed by atoms with Gasteiger partial charge in [0, 0.05) is 5.56 Å². The molecular weight excluding hydrogens is 438 g/mol. The van der Waals surface area contributed by atoms with E-state index in [1.165, 1.54) is 12.0 Å². The molecule has 1 saturated heterocycles. The second-order valence-electron chi connectivity index (χ2n) is 10.0. The standard InChI is InChI=1S/C30H31NO4/c1-18-10-9-11-20(16-18)26-25(27(32)22-17-21(30(3,4)5)15-14-19(22)2)28(33)29(34)31(26)23-12-7-8-13-24(23)35-6/h7-17,26,32H,1-6H3/b27-25+. The number of Topliss-reactive ketones (excluding diaryl/α,β-unsaturated/α-hetero) is 1. The lowest BCUT2D eigenvalue weighted by atomic mass is 9.84. The maximum Gasteiger partial charge on any atom is 0.300 e. The molecule has 5 nitrogen and oxygen atoms in total. The predicted molar refractivity (Wildman–Crippen MR) is 139 cm³/mol. The number of hydrogen-bond donors (Lipinski definition) is 1. The number of ketones is 1. The third-order valence-corrected chi connectivity index (χ3v) is 6.51. The van der Waals surface area contributed by atoms with Gasteiger partial charge in [-0.3, -0.25) is 14.5 Å². The van der Waals surface area contributed by atoms with Gasteiger partial charge >= 0.3 is 0 Å². The Morgan fingerprint density at radius 3 is 2.31 bits per heavy atom. The smallest absolute Gasteiger partial charge is 0.300 e. The number of carbonyl (C=O) groups excluding carboxylic acids is 2. The molecule has 1 unspecified atom stereocenters. The van der Waals surface area contributed by atoms with E-state index in [1.807, 2.05) is 62.4 Å². The molecule has 0 spiro atoms. The molecule has 1 amide bonds. The average Bonchev–Trinajstić information content (AvgIpc) is 3.08. The van der Waals surface area contributed by atoms with Gasteiger partial charge in [0.15, 0.2) is 0 Å². The first-order chi connectivity index (χ1) is 16.5. The Hall–Kier alpha value is -3.86. The van der Waals surface area contributed by atoms with Crippen LogP contribution in [0.25, 0.3) is 5.76 Å². The van der Waals surface area contributed by atoms with Crippen LogP contribution in [0.1, 0.15) is 54.6 Å². The van der Waals surface area contributed by atoms with E-state index in [9.17, 15) is 14.7 Å². The zero-order chi connectivity index (χ0) is 25.5. The summed E-state index contributed by atoms with van der Waals surface area (Å²) in [7, 11) is 1.53. The van der Waals surface area contributed by atoms with Crippen LogP contribution in [0.5, 0.6) is 5.75 Å². The molecule has 1 aliphatic heterocycles. The highest BCUT2D eigenvalue weighted by Gasteiger charge is 2.48. The SMILES string of the molecule is COc1ccccc1N1C(=O)C(=O)/C(=C(/O)c2cc(C(C)(C)C)ccc2C)C1c1cccc(C)c1. The van der Waals surface area contributed by atoms with Crippen molar-refractivity contribution >= 4 is 23.1 Å². The molecular formula is C30H31NO4. The number of ether oxygens (including phenoxy) is 1. The van der Waals surface area contributed by atoms with Crippen LogP contribution in [-0.4, -0.2) is 23.9 Å². The first-order valence-corrected chi connectivity index (χ1v) is 11.7. The summed E-state index contributed by atoms with van der Waals surface area (Å²) in [6.07, 6.45) is 0. The molecule has 1 aliphatic rings. The van der Waals surface area contributed by atoms with Gasteiger partial charge in [-0.05, 0) is 54.2 Å². The largest absolute Gasteiger partial charge is 0.507 e. The number of methoxy groups -OCH3 is 1. The van der Waals surface area contributed by atoms with Crippen molar-refractivity contribution in [3.05, 3.63) is 100 Å². The van der Waals surface area contributed by atoms with E-state index in [4.69, 9.17) is 4.74 Å². The quantitative estimate of drug-likeness (QED) is 0.279. The van der Waals surface area contributed by atoms with Gasteiger partial charge < -0.3 is 9.84 Å². The number of carbonyl (C=O) groups is 2. The summed E-state index contributed by atoms with van der Waals surface area (Å²) < 4.78 is 5.52. The Kier molecular flexibility index (Phi) is 6.28. The molecule has 0 saturated carbocycles. The van der Waals surface area contributed by atoms with Gasteiger partial charge in [-0.2, -0.15) is 0 Å². The molecule has 0 bridgehead atoms. The number of nitrogens with zero attached hydrogens (tertiary/aromatic N) is 1. The first kappa shape index (κ1) is 24.3. The zero-order valence-electron chi connectivity index (χ0n) is 21.0. The Bertz CT molecular complexity index is 1350. The van der Waals surface area contributed by atoms with Gasteiger partial charge in [-0.15, -0.1) is 0 Å². The molecule has 180 valence electrons. The van der Waals surface area contributed by atoms with E-state index >= 15 is 0 Å². The molecule has 5 heteroatoms. The topological polar surface area (TPSA) is 66.8 Å². The number of anilines is 1. The van der Waals surface area contributed by atoms with Crippen molar-refractivity contribution in [2.24, 2.45) is 0 Å². The van der Waals surface area contributed by atoms with Crippen LogP contribution in [0.4, 0.5) is 5.69 Å². The third-order valence-electron chi connectivity index (χ3n) is 6.51. The van der Waals surface area contributed by atoms with Gasteiger partial charge in [-0.25, -0.2) is 0 Å². The number of amides is 1. The van der Waals surface area contributed by atoms with Crippen molar-refractivity contribution in [3.63, 3.8) is 0 Å². The lowest BCUT2D eigenvalue weighted by Crippen LogP contribution is -2.29. The van der Waals surface area contributed by atoms with Crippen LogP contribution >= 0.6 is 0 Å². The van der Waals surface area contributed by atoms with E-state index < -0.39 is 17.7 Å². The molecule has 3 aromatic carbocycles. The summed E-state index contributed by atoms with van der Waals surface area (Å²) in [6.45, 7) is 10.1. The molecule has 35 heavy (non-hydrogen) atoms. The van der Waals surface area contributed by atoms with Crippen LogP contribution in [0, 0.1) is 13.8 Å². The zero-order valence-corrected chi connectivity index (χ0v) is 21.0. The summed E-state index contributed by atoms with van der Waals surface area (Å²) in [4.78, 5) is 28.4. The highest BCUT2D eigenvalue weighted by atomic mass is 16.5. The first-order valence-electron chi connectivity index (χ1n) is 11.7. The molecule has 0 radical (unpaired) electrons. The molecule has 1 atom stereocenters. The van der Waals surface area contributed by atoms with Crippen LogP contribution < -0.4 is 9.64 Å². The van der Waals surface area contributed by atoms with Gasteiger partial charge in [0.2, 0.25) is 0 Å². The summed E-state index contributed by atoms with van der Waals surface area (Å²) in [5.74, 6) is -1.12. The van der Waals surface area contributed by atoms with Gasteiger partial charge in [0.05, 0.1) is 24.4 Å². The van der Waals surface area contributed by atoms with Crippen LogP contribution in [-0.2, 0) is 15.0 Å². The normalized spacial score (nSPS) is 17.7. The summed E-state index contributed by atoms with van der Waals surface area (Å²) in [5.41, 5.74) is 4.51. The highest BCUT2D eigenvalue weighted by Crippen LogP contribution is 2.45. The van der Waals surface area contributed by atoms with Crippen LogP contribution in [0.15, 0.2) is 72.3 Å². The Labute approximate surface area is 206 Å². The minimum absolute atomic E-state index is 0.0701. The maximum absolute atomic E-state index is 13.5. The number of rotatable bonds is 4. The van der Waals surface area contributed by atoms with Crippen molar-refractivity contribution in [1.82, 2.24) is 0 Å². The Morgan fingerprint density at radius 2 is 1.66 bits per heavy atom. The maximum atomic E-state index is 13.5. The van der Waals surface area contributed by atoms with Crippen molar-refractivity contribution in [2.75, 3.05) is 12.0 Å². The molecule has 1 heterocycles. The van der Waals surface area contributed by atoms with Crippen molar-refractivity contribution in [3.8, 4) is 5.75 Å². The summed E-state index contributed by atoms with van der Waals surface area (Å²) in [5, 5.41) is 11.6. The number of benzene rings is 3. The molecule has 3 aromatic rings. The number of para-hydroxylation sites is 2. The van der Waals surface area contributed by atoms with Crippen LogP contribution in [0.3, 0.4) is 0 Å². The lowest BCUT2D eigenvalue weighted by Gasteiger charge is -2.27. The number of aryl methyl sites for hydroxylation is 2. The summed E-state index contributed by atoms with van der Waals surface area (Å²) in [6, 6.07) is 19.8. The van der Waals surface area contributed by atoms with Crippen molar-refractivity contribution < 1.29 is 19.4 Å². The van der Waals surface area contributed by atoms with E-state index in [1.54, 1.807) is 18.2 Å². The minimum atomic E-state index is -0.802. The van der Waals surface area contributed by atoms with Crippen molar-refractivity contribution in [1.29, 1.82) is 0 Å².